The summed E-state index contributed by atoms with van der Waals surface area (Å²) in [5.41, 5.74) is 8.82. The van der Waals surface area contributed by atoms with Crippen LogP contribution in [0.5, 0.6) is 0 Å². The van der Waals surface area contributed by atoms with Gasteiger partial charge in [-0.25, -0.2) is 0 Å². The van der Waals surface area contributed by atoms with Crippen molar-refractivity contribution in [1.82, 2.24) is 9.88 Å². The number of nitrogens with zero attached hydrogens (tertiary/aromatic N) is 1. The highest BCUT2D eigenvalue weighted by molar-refractivity contribution is 6.30. The Hall–Kier alpha value is -2.30. The van der Waals surface area contributed by atoms with Crippen molar-refractivity contribution in [2.45, 2.75) is 32.5 Å². The second-order valence-corrected chi connectivity index (χ2v) is 6.67. The molecule has 0 aliphatic heterocycles. The van der Waals surface area contributed by atoms with E-state index in [-0.39, 0.29) is 11.9 Å². The number of amides is 1. The summed E-state index contributed by atoms with van der Waals surface area (Å²) in [6.45, 7) is 3.48. The van der Waals surface area contributed by atoms with E-state index in [0.29, 0.717) is 13.0 Å². The number of primary amides is 1. The molecule has 0 aliphatic rings. The average molecular weight is 356 g/mol. The normalized spacial score (nSPS) is 12.4. The van der Waals surface area contributed by atoms with E-state index in [0.717, 1.165) is 17.1 Å². The lowest BCUT2D eigenvalue weighted by Gasteiger charge is -2.14. The van der Waals surface area contributed by atoms with Crippen molar-refractivity contribution in [3.05, 3.63) is 70.9 Å². The van der Waals surface area contributed by atoms with Gasteiger partial charge in [0.05, 0.1) is 0 Å². The van der Waals surface area contributed by atoms with E-state index < -0.39 is 0 Å². The van der Waals surface area contributed by atoms with Gasteiger partial charge in [-0.15, -0.1) is 0 Å². The molecule has 130 valence electrons. The van der Waals surface area contributed by atoms with Gasteiger partial charge in [-0.3, -0.25) is 4.79 Å². The molecule has 4 nitrogen and oxygen atoms in total. The molecule has 0 bridgehead atoms. The molecule has 1 amide bonds. The summed E-state index contributed by atoms with van der Waals surface area (Å²) in [6, 6.07) is 16.3. The maximum absolute atomic E-state index is 11.1. The van der Waals surface area contributed by atoms with Crippen LogP contribution in [0.4, 0.5) is 0 Å². The first-order chi connectivity index (χ1) is 12.0. The predicted molar refractivity (Wildman–Crippen MR) is 102 cm³/mol. The predicted octanol–water partition coefficient (Wildman–Crippen LogP) is 4.02. The second-order valence-electron chi connectivity index (χ2n) is 6.24. The fraction of sp³-hybridized carbons (Fsp3) is 0.250. The first kappa shape index (κ1) is 17.5. The number of nitrogens with one attached hydrogen (secondary N) is 1. The molecule has 0 fully saturated rings. The van der Waals surface area contributed by atoms with E-state index in [2.05, 4.69) is 35.1 Å². The zero-order valence-electron chi connectivity index (χ0n) is 14.2. The van der Waals surface area contributed by atoms with Gasteiger partial charge in [-0.1, -0.05) is 41.9 Å². The standard InChI is InChI=1S/C20H22ClN3O/c1-14(15-6-8-17(21)9-7-15)23-12-16-13-24(11-10-20(22)25)19-5-3-2-4-18(16)19/h2-9,13-14,23H,10-12H2,1H3,(H2,22,25)/t14-/m0/s1. The number of nitrogens with two attached hydrogens (primary N) is 1. The molecule has 5 heteroatoms. The van der Waals surface area contributed by atoms with E-state index in [9.17, 15) is 4.79 Å². The number of aromatic nitrogens is 1. The van der Waals surface area contributed by atoms with Crippen molar-refractivity contribution in [1.29, 1.82) is 0 Å². The van der Waals surface area contributed by atoms with Gasteiger partial charge in [0.15, 0.2) is 0 Å². The molecule has 0 saturated heterocycles. The zero-order chi connectivity index (χ0) is 17.8. The van der Waals surface area contributed by atoms with Gasteiger partial charge in [0.1, 0.15) is 0 Å². The molecule has 0 unspecified atom stereocenters. The van der Waals surface area contributed by atoms with Gasteiger partial charge in [0.2, 0.25) is 5.91 Å². The Morgan fingerprint density at radius 1 is 1.20 bits per heavy atom. The fourth-order valence-electron chi connectivity index (χ4n) is 3.01. The van der Waals surface area contributed by atoms with Crippen LogP contribution in [0.2, 0.25) is 5.02 Å². The van der Waals surface area contributed by atoms with Gasteiger partial charge >= 0.3 is 0 Å². The molecule has 25 heavy (non-hydrogen) atoms. The lowest BCUT2D eigenvalue weighted by molar-refractivity contribution is -0.118. The van der Waals surface area contributed by atoms with E-state index >= 15 is 0 Å². The minimum Gasteiger partial charge on any atom is -0.370 e. The topological polar surface area (TPSA) is 60.1 Å². The quantitative estimate of drug-likeness (QED) is 0.672. The molecule has 1 atom stereocenters. The third kappa shape index (κ3) is 4.21. The minimum atomic E-state index is -0.284. The molecule has 3 aromatic rings. The lowest BCUT2D eigenvalue weighted by atomic mass is 10.1. The molecular formula is C20H22ClN3O. The molecule has 0 saturated carbocycles. The zero-order valence-corrected chi connectivity index (χ0v) is 15.0. The van der Waals surface area contributed by atoms with Crippen LogP contribution >= 0.6 is 11.6 Å². The molecule has 1 heterocycles. The Bertz CT molecular complexity index is 870. The summed E-state index contributed by atoms with van der Waals surface area (Å²) in [7, 11) is 0. The van der Waals surface area contributed by atoms with Gasteiger partial charge in [0, 0.05) is 47.7 Å². The van der Waals surface area contributed by atoms with Crippen molar-refractivity contribution < 1.29 is 4.79 Å². The van der Waals surface area contributed by atoms with Crippen LogP contribution in [-0.2, 0) is 17.9 Å². The summed E-state index contributed by atoms with van der Waals surface area (Å²) < 4.78 is 2.10. The number of hydrogen-bond donors (Lipinski definition) is 2. The third-order valence-electron chi connectivity index (χ3n) is 4.44. The van der Waals surface area contributed by atoms with Crippen LogP contribution in [0.15, 0.2) is 54.7 Å². The number of carbonyl (C=O) groups excluding carboxylic acids is 1. The van der Waals surface area contributed by atoms with Crippen LogP contribution in [-0.4, -0.2) is 10.5 Å². The van der Waals surface area contributed by atoms with Crippen molar-refractivity contribution in [3.63, 3.8) is 0 Å². The first-order valence-electron chi connectivity index (χ1n) is 8.38. The molecule has 0 aliphatic carbocycles. The number of hydrogen-bond acceptors (Lipinski definition) is 2. The number of para-hydroxylation sites is 1. The summed E-state index contributed by atoms with van der Waals surface area (Å²) in [5, 5.41) is 5.50. The van der Waals surface area contributed by atoms with Crippen molar-refractivity contribution in [3.8, 4) is 0 Å². The average Bonchev–Trinajstić information content (AvgIpc) is 2.96. The second kappa shape index (κ2) is 7.72. The number of halogens is 1. The molecular weight excluding hydrogens is 334 g/mol. The van der Waals surface area contributed by atoms with Crippen molar-refractivity contribution >= 4 is 28.4 Å². The van der Waals surface area contributed by atoms with Crippen molar-refractivity contribution in [2.24, 2.45) is 5.73 Å². The van der Waals surface area contributed by atoms with E-state index in [1.54, 1.807) is 0 Å². The number of carbonyl (C=O) groups is 1. The number of aryl methyl sites for hydroxylation is 1. The van der Waals surface area contributed by atoms with Gasteiger partial charge in [-0.2, -0.15) is 0 Å². The third-order valence-corrected chi connectivity index (χ3v) is 4.69. The maximum Gasteiger partial charge on any atom is 0.219 e. The molecule has 3 N–H and O–H groups in total. The lowest BCUT2D eigenvalue weighted by Crippen LogP contribution is -2.18. The summed E-state index contributed by atoms with van der Waals surface area (Å²) >= 11 is 5.95. The number of benzene rings is 2. The highest BCUT2D eigenvalue weighted by Gasteiger charge is 2.11. The maximum atomic E-state index is 11.1. The van der Waals surface area contributed by atoms with Crippen molar-refractivity contribution in [2.75, 3.05) is 0 Å². The highest BCUT2D eigenvalue weighted by Crippen LogP contribution is 2.23. The molecule has 3 rings (SSSR count). The minimum absolute atomic E-state index is 0.213. The van der Waals surface area contributed by atoms with Crippen LogP contribution in [0.25, 0.3) is 10.9 Å². The SMILES string of the molecule is C[C@H](NCc1cn(CCC(N)=O)c2ccccc12)c1ccc(Cl)cc1. The summed E-state index contributed by atoms with van der Waals surface area (Å²) in [4.78, 5) is 11.1. The van der Waals surface area contributed by atoms with Crippen LogP contribution in [0.3, 0.4) is 0 Å². The molecule has 1 aromatic heterocycles. The Labute approximate surface area is 152 Å². The van der Waals surface area contributed by atoms with E-state index in [1.165, 1.54) is 16.5 Å². The monoisotopic (exact) mass is 355 g/mol. The Morgan fingerprint density at radius 3 is 2.64 bits per heavy atom. The highest BCUT2D eigenvalue weighted by atomic mass is 35.5. The van der Waals surface area contributed by atoms with Gasteiger partial charge in [-0.05, 0) is 36.2 Å². The van der Waals surface area contributed by atoms with Crippen LogP contribution in [0.1, 0.15) is 30.5 Å². The first-order valence-corrected chi connectivity index (χ1v) is 8.76. The molecule has 2 aromatic carbocycles. The Morgan fingerprint density at radius 2 is 1.92 bits per heavy atom. The van der Waals surface area contributed by atoms with Crippen LogP contribution in [0, 0.1) is 0 Å². The van der Waals surface area contributed by atoms with Crippen LogP contribution < -0.4 is 11.1 Å². The smallest absolute Gasteiger partial charge is 0.219 e. The Kier molecular flexibility index (Phi) is 5.41. The molecule has 0 radical (unpaired) electrons. The Balaban J connectivity index is 1.76. The van der Waals surface area contributed by atoms with Gasteiger partial charge in [0.25, 0.3) is 0 Å². The summed E-state index contributed by atoms with van der Waals surface area (Å²) in [6.07, 6.45) is 2.45. The van der Waals surface area contributed by atoms with E-state index in [1.807, 2.05) is 36.4 Å². The largest absolute Gasteiger partial charge is 0.370 e. The number of fused-ring (bicyclic) bond motifs is 1. The molecule has 0 spiro atoms. The van der Waals surface area contributed by atoms with E-state index in [4.69, 9.17) is 17.3 Å². The number of rotatable bonds is 7. The summed E-state index contributed by atoms with van der Waals surface area (Å²) in [5.74, 6) is -0.284. The van der Waals surface area contributed by atoms with Gasteiger partial charge < -0.3 is 15.6 Å². The fourth-order valence-corrected chi connectivity index (χ4v) is 3.14.